The number of aromatic nitrogens is 3. The zero-order valence-electron chi connectivity index (χ0n) is 12.7. The van der Waals surface area contributed by atoms with Crippen LogP contribution in [-0.2, 0) is 34.3 Å². The molecule has 6 nitrogen and oxygen atoms in total. The standard InChI is InChI=1S/C16H20N4O2/c1-16(10-22-11-16)15-18-14(9-13(17)21)19-20(15)8-7-12-5-3-2-4-6-12/h2-6H,7-11H2,1H3,(H2,17,21). The number of nitrogens with two attached hydrogens (primary N) is 1. The van der Waals surface area contributed by atoms with E-state index in [1.165, 1.54) is 5.56 Å². The molecule has 6 heteroatoms. The number of hydrogen-bond acceptors (Lipinski definition) is 4. The zero-order chi connectivity index (χ0) is 15.6. The minimum atomic E-state index is -0.415. The largest absolute Gasteiger partial charge is 0.379 e. The first-order chi connectivity index (χ1) is 10.6. The van der Waals surface area contributed by atoms with Crippen molar-refractivity contribution in [2.75, 3.05) is 13.2 Å². The minimum Gasteiger partial charge on any atom is -0.379 e. The predicted molar refractivity (Wildman–Crippen MR) is 81.2 cm³/mol. The Labute approximate surface area is 129 Å². The van der Waals surface area contributed by atoms with Crippen molar-refractivity contribution in [2.24, 2.45) is 5.73 Å². The maximum absolute atomic E-state index is 11.1. The van der Waals surface area contributed by atoms with Gasteiger partial charge in [0.15, 0.2) is 5.82 Å². The molecule has 1 amide bonds. The molecule has 3 rings (SSSR count). The van der Waals surface area contributed by atoms with Gasteiger partial charge in [0.2, 0.25) is 5.91 Å². The van der Waals surface area contributed by atoms with E-state index < -0.39 is 5.91 Å². The second-order valence-corrected chi connectivity index (χ2v) is 6.01. The smallest absolute Gasteiger partial charge is 0.225 e. The van der Waals surface area contributed by atoms with Gasteiger partial charge in [-0.1, -0.05) is 30.3 Å². The van der Waals surface area contributed by atoms with Crippen LogP contribution < -0.4 is 5.73 Å². The molecule has 0 aliphatic carbocycles. The van der Waals surface area contributed by atoms with Crippen molar-refractivity contribution < 1.29 is 9.53 Å². The number of primary amides is 1. The number of amides is 1. The molecule has 1 fully saturated rings. The van der Waals surface area contributed by atoms with Crippen molar-refractivity contribution in [3.63, 3.8) is 0 Å². The van der Waals surface area contributed by atoms with E-state index in [2.05, 4.69) is 29.1 Å². The first-order valence-corrected chi connectivity index (χ1v) is 7.41. The van der Waals surface area contributed by atoms with Crippen molar-refractivity contribution in [1.82, 2.24) is 14.8 Å². The molecule has 1 aromatic carbocycles. The van der Waals surface area contributed by atoms with Gasteiger partial charge in [-0.05, 0) is 18.9 Å². The highest BCUT2D eigenvalue weighted by Crippen LogP contribution is 2.30. The second kappa shape index (κ2) is 5.88. The lowest BCUT2D eigenvalue weighted by molar-refractivity contribution is -0.117. The fourth-order valence-corrected chi connectivity index (χ4v) is 2.64. The van der Waals surface area contributed by atoms with E-state index in [-0.39, 0.29) is 11.8 Å². The SMILES string of the molecule is CC1(c2nc(CC(N)=O)nn2CCc2ccccc2)COC1. The Balaban J connectivity index is 1.81. The minimum absolute atomic E-state index is 0.0717. The Morgan fingerprint density at radius 1 is 1.36 bits per heavy atom. The van der Waals surface area contributed by atoms with E-state index in [1.807, 2.05) is 22.9 Å². The molecule has 22 heavy (non-hydrogen) atoms. The summed E-state index contributed by atoms with van der Waals surface area (Å²) in [6.45, 7) is 4.09. The topological polar surface area (TPSA) is 83.0 Å². The Morgan fingerprint density at radius 2 is 2.09 bits per heavy atom. The number of rotatable bonds is 6. The van der Waals surface area contributed by atoms with Crippen molar-refractivity contribution in [2.45, 2.75) is 31.7 Å². The maximum Gasteiger partial charge on any atom is 0.225 e. The molecule has 0 unspecified atom stereocenters. The molecule has 1 aliphatic rings. The van der Waals surface area contributed by atoms with Crippen molar-refractivity contribution in [3.8, 4) is 0 Å². The fourth-order valence-electron chi connectivity index (χ4n) is 2.64. The van der Waals surface area contributed by atoms with Crippen LogP contribution in [0, 0.1) is 0 Å². The Kier molecular flexibility index (Phi) is 3.94. The third kappa shape index (κ3) is 3.01. The van der Waals surface area contributed by atoms with E-state index in [0.29, 0.717) is 19.0 Å². The molecule has 1 saturated heterocycles. The summed E-state index contributed by atoms with van der Waals surface area (Å²) >= 11 is 0. The molecular weight excluding hydrogens is 280 g/mol. The monoisotopic (exact) mass is 300 g/mol. The highest BCUT2D eigenvalue weighted by atomic mass is 16.5. The highest BCUT2D eigenvalue weighted by molar-refractivity contribution is 5.75. The van der Waals surface area contributed by atoms with E-state index in [9.17, 15) is 4.79 Å². The van der Waals surface area contributed by atoms with Crippen LogP contribution in [-0.4, -0.2) is 33.9 Å². The molecule has 0 spiro atoms. The normalized spacial score (nSPS) is 16.2. The van der Waals surface area contributed by atoms with Gasteiger partial charge in [-0.15, -0.1) is 0 Å². The summed E-state index contributed by atoms with van der Waals surface area (Å²) in [6.07, 6.45) is 0.937. The third-order valence-corrected chi connectivity index (χ3v) is 3.88. The van der Waals surface area contributed by atoms with Crippen molar-refractivity contribution in [1.29, 1.82) is 0 Å². The van der Waals surface area contributed by atoms with Gasteiger partial charge in [0.1, 0.15) is 5.82 Å². The zero-order valence-corrected chi connectivity index (χ0v) is 12.7. The summed E-state index contributed by atoms with van der Waals surface area (Å²) in [5, 5.41) is 4.46. The van der Waals surface area contributed by atoms with Gasteiger partial charge >= 0.3 is 0 Å². The molecular formula is C16H20N4O2. The lowest BCUT2D eigenvalue weighted by atomic mass is 9.87. The summed E-state index contributed by atoms with van der Waals surface area (Å²) in [4.78, 5) is 15.6. The van der Waals surface area contributed by atoms with Crippen LogP contribution in [0.25, 0.3) is 0 Å². The Hall–Kier alpha value is -2.21. The number of carbonyl (C=O) groups is 1. The molecule has 2 aromatic rings. The maximum atomic E-state index is 11.1. The van der Waals surface area contributed by atoms with Crippen LogP contribution in [0.3, 0.4) is 0 Å². The third-order valence-electron chi connectivity index (χ3n) is 3.88. The molecule has 2 heterocycles. The van der Waals surface area contributed by atoms with Crippen LogP contribution in [0.1, 0.15) is 24.1 Å². The second-order valence-electron chi connectivity index (χ2n) is 6.01. The van der Waals surface area contributed by atoms with E-state index in [0.717, 1.165) is 18.8 Å². The average Bonchev–Trinajstić information content (AvgIpc) is 2.86. The molecule has 0 bridgehead atoms. The summed E-state index contributed by atoms with van der Waals surface area (Å²) in [5.74, 6) is 0.955. The van der Waals surface area contributed by atoms with Gasteiger partial charge in [0, 0.05) is 6.54 Å². The fraction of sp³-hybridized carbons (Fsp3) is 0.438. The van der Waals surface area contributed by atoms with Gasteiger partial charge in [-0.3, -0.25) is 4.79 Å². The average molecular weight is 300 g/mol. The van der Waals surface area contributed by atoms with Crippen molar-refractivity contribution >= 4 is 5.91 Å². The Morgan fingerprint density at radius 3 is 2.68 bits per heavy atom. The van der Waals surface area contributed by atoms with Crippen LogP contribution in [0.4, 0.5) is 0 Å². The summed E-state index contributed by atoms with van der Waals surface area (Å²) < 4.78 is 7.22. The van der Waals surface area contributed by atoms with Gasteiger partial charge in [-0.2, -0.15) is 5.10 Å². The van der Waals surface area contributed by atoms with Crippen LogP contribution in [0.2, 0.25) is 0 Å². The lowest BCUT2D eigenvalue weighted by Gasteiger charge is -2.37. The van der Waals surface area contributed by atoms with Gasteiger partial charge in [0.05, 0.1) is 25.0 Å². The van der Waals surface area contributed by atoms with Gasteiger partial charge in [-0.25, -0.2) is 9.67 Å². The summed E-state index contributed by atoms with van der Waals surface area (Å²) in [6, 6.07) is 10.2. The van der Waals surface area contributed by atoms with Gasteiger partial charge in [0.25, 0.3) is 0 Å². The molecule has 0 radical (unpaired) electrons. The number of ether oxygens (including phenoxy) is 1. The van der Waals surface area contributed by atoms with E-state index in [1.54, 1.807) is 0 Å². The van der Waals surface area contributed by atoms with Gasteiger partial charge < -0.3 is 10.5 Å². The Bertz CT molecular complexity index is 662. The number of carbonyl (C=O) groups excluding carboxylic acids is 1. The van der Waals surface area contributed by atoms with Crippen LogP contribution >= 0.6 is 0 Å². The number of nitrogens with zero attached hydrogens (tertiary/aromatic N) is 3. The van der Waals surface area contributed by atoms with Crippen molar-refractivity contribution in [3.05, 3.63) is 47.5 Å². The molecule has 116 valence electrons. The quantitative estimate of drug-likeness (QED) is 0.857. The molecule has 2 N–H and O–H groups in total. The van der Waals surface area contributed by atoms with Crippen LogP contribution in [0.5, 0.6) is 0 Å². The molecule has 0 atom stereocenters. The number of hydrogen-bond donors (Lipinski definition) is 1. The predicted octanol–water partition coefficient (Wildman–Crippen LogP) is 0.836. The van der Waals surface area contributed by atoms with Crippen LogP contribution in [0.15, 0.2) is 30.3 Å². The molecule has 1 aliphatic heterocycles. The van der Waals surface area contributed by atoms with E-state index in [4.69, 9.17) is 10.5 Å². The molecule has 0 saturated carbocycles. The first-order valence-electron chi connectivity index (χ1n) is 7.41. The van der Waals surface area contributed by atoms with E-state index >= 15 is 0 Å². The first kappa shape index (κ1) is 14.7. The highest BCUT2D eigenvalue weighted by Gasteiger charge is 2.40. The number of aryl methyl sites for hydroxylation is 2. The number of benzene rings is 1. The summed E-state index contributed by atoms with van der Waals surface area (Å²) in [7, 11) is 0. The molecule has 1 aromatic heterocycles. The lowest BCUT2D eigenvalue weighted by Crippen LogP contribution is -2.46. The summed E-state index contributed by atoms with van der Waals surface area (Å²) in [5.41, 5.74) is 6.37.